The van der Waals surface area contributed by atoms with E-state index in [1.807, 2.05) is 0 Å². The van der Waals surface area contributed by atoms with Crippen molar-refractivity contribution < 1.29 is 14.3 Å². The number of aromatic amines is 1. The first-order valence-electron chi connectivity index (χ1n) is 5.61. The molecule has 0 saturated carbocycles. The first kappa shape index (κ1) is 14.3. The van der Waals surface area contributed by atoms with E-state index < -0.39 is 17.5 Å². The molecule has 0 radical (unpaired) electrons. The van der Waals surface area contributed by atoms with E-state index in [9.17, 15) is 14.0 Å². The zero-order valence-electron chi connectivity index (χ0n) is 10.1. The Morgan fingerprint density at radius 3 is 2.80 bits per heavy atom. The highest BCUT2D eigenvalue weighted by molar-refractivity contribution is 9.10. The van der Waals surface area contributed by atoms with Crippen LogP contribution in [0.1, 0.15) is 15.9 Å². The smallest absolute Gasteiger partial charge is 0.262 e. The number of phenols is 1. The number of hydrogen-bond acceptors (Lipinski definition) is 3. The van der Waals surface area contributed by atoms with E-state index in [2.05, 4.69) is 26.2 Å². The predicted octanol–water partition coefficient (Wildman–Crippen LogP) is 1.91. The summed E-state index contributed by atoms with van der Waals surface area (Å²) < 4.78 is 13.4. The van der Waals surface area contributed by atoms with Crippen LogP contribution in [0, 0.1) is 5.82 Å². The average Bonchev–Trinajstić information content (AvgIpc) is 2.43. The third kappa shape index (κ3) is 3.24. The van der Waals surface area contributed by atoms with E-state index >= 15 is 0 Å². The maximum Gasteiger partial charge on any atom is 0.262 e. The summed E-state index contributed by atoms with van der Waals surface area (Å²) in [5, 5.41) is 11.6. The lowest BCUT2D eigenvalue weighted by molar-refractivity contribution is 0.0950. The molecule has 20 heavy (non-hydrogen) atoms. The number of benzene rings is 1. The van der Waals surface area contributed by atoms with Crippen molar-refractivity contribution in [2.24, 2.45) is 0 Å². The summed E-state index contributed by atoms with van der Waals surface area (Å²) in [7, 11) is 0. The Morgan fingerprint density at radius 1 is 1.40 bits per heavy atom. The van der Waals surface area contributed by atoms with Gasteiger partial charge in [0, 0.05) is 12.7 Å². The Hall–Kier alpha value is -2.15. The molecule has 0 fully saturated rings. The minimum Gasteiger partial charge on any atom is -0.505 e. The van der Waals surface area contributed by atoms with Crippen molar-refractivity contribution >= 4 is 21.8 Å². The fraction of sp³-hybridized carbons (Fsp3) is 0.0769. The van der Waals surface area contributed by atoms with Crippen molar-refractivity contribution in [2.45, 2.75) is 6.54 Å². The van der Waals surface area contributed by atoms with E-state index in [0.717, 1.165) is 6.07 Å². The molecule has 0 atom stereocenters. The summed E-state index contributed by atoms with van der Waals surface area (Å²) in [5.41, 5.74) is 0.454. The van der Waals surface area contributed by atoms with Crippen LogP contribution >= 0.6 is 15.9 Å². The maximum atomic E-state index is 13.1. The number of carbonyl (C=O) groups is 1. The van der Waals surface area contributed by atoms with Gasteiger partial charge in [-0.05, 0) is 39.7 Å². The molecule has 0 spiro atoms. The lowest BCUT2D eigenvalue weighted by Gasteiger charge is -2.06. The van der Waals surface area contributed by atoms with Crippen LogP contribution in [-0.4, -0.2) is 16.0 Å². The molecule has 3 N–H and O–H groups in total. The number of aromatic nitrogens is 1. The number of amides is 1. The number of halogens is 2. The Balaban J connectivity index is 2.06. The molecule has 0 aliphatic heterocycles. The van der Waals surface area contributed by atoms with Gasteiger partial charge in [0.2, 0.25) is 0 Å². The molecule has 0 aliphatic rings. The van der Waals surface area contributed by atoms with Crippen molar-refractivity contribution in [2.75, 3.05) is 0 Å². The van der Waals surface area contributed by atoms with Gasteiger partial charge in [-0.3, -0.25) is 9.59 Å². The van der Waals surface area contributed by atoms with Gasteiger partial charge in [-0.2, -0.15) is 0 Å². The second-order valence-corrected chi connectivity index (χ2v) is 4.89. The van der Waals surface area contributed by atoms with Crippen LogP contribution in [-0.2, 0) is 6.54 Å². The zero-order valence-corrected chi connectivity index (χ0v) is 11.7. The highest BCUT2D eigenvalue weighted by Crippen LogP contribution is 2.16. The largest absolute Gasteiger partial charge is 0.505 e. The van der Waals surface area contributed by atoms with Crippen LogP contribution in [0.3, 0.4) is 0 Å². The van der Waals surface area contributed by atoms with Crippen molar-refractivity contribution in [1.29, 1.82) is 0 Å². The molecule has 5 nitrogen and oxygen atoms in total. The minimum absolute atomic E-state index is 0.104. The number of carbonyl (C=O) groups excluding carboxylic acids is 1. The van der Waals surface area contributed by atoms with Crippen molar-refractivity contribution in [3.05, 3.63) is 62.2 Å². The van der Waals surface area contributed by atoms with Gasteiger partial charge in [0.15, 0.2) is 11.6 Å². The summed E-state index contributed by atoms with van der Waals surface area (Å²) in [6.45, 7) is 0.104. The SMILES string of the molecule is O=C(NCc1ccc(O)c(F)c1)c1c[nH]c(=O)c(Br)c1. The van der Waals surface area contributed by atoms with Gasteiger partial charge in [-0.25, -0.2) is 4.39 Å². The van der Waals surface area contributed by atoms with E-state index in [1.165, 1.54) is 24.4 Å². The van der Waals surface area contributed by atoms with E-state index in [4.69, 9.17) is 5.11 Å². The Kier molecular flexibility index (Phi) is 4.19. The number of aromatic hydroxyl groups is 1. The normalized spacial score (nSPS) is 10.3. The summed E-state index contributed by atoms with van der Waals surface area (Å²) in [6, 6.07) is 5.25. The van der Waals surface area contributed by atoms with Crippen LogP contribution in [0.25, 0.3) is 0 Å². The highest BCUT2D eigenvalue weighted by atomic mass is 79.9. The van der Waals surface area contributed by atoms with Crippen molar-refractivity contribution in [3.63, 3.8) is 0 Å². The molecule has 1 aromatic heterocycles. The van der Waals surface area contributed by atoms with Gasteiger partial charge >= 0.3 is 0 Å². The Labute approximate surface area is 121 Å². The first-order chi connectivity index (χ1) is 9.47. The molecule has 1 heterocycles. The molecular formula is C13H10BrFN2O3. The molecule has 1 amide bonds. The summed E-state index contributed by atoms with van der Waals surface area (Å²) in [4.78, 5) is 25.4. The quantitative estimate of drug-likeness (QED) is 0.798. The third-order valence-electron chi connectivity index (χ3n) is 2.59. The molecule has 104 valence electrons. The molecule has 7 heteroatoms. The standard InChI is InChI=1S/C13H10BrFN2O3/c14-9-4-8(6-17-13(9)20)12(19)16-5-7-1-2-11(18)10(15)3-7/h1-4,6,18H,5H2,(H,16,19)(H,17,20). The fourth-order valence-corrected chi connectivity index (χ4v) is 1.89. The highest BCUT2D eigenvalue weighted by Gasteiger charge is 2.08. The molecule has 2 rings (SSSR count). The van der Waals surface area contributed by atoms with Crippen LogP contribution in [0.15, 0.2) is 39.7 Å². The van der Waals surface area contributed by atoms with E-state index in [0.29, 0.717) is 5.56 Å². The fourth-order valence-electron chi connectivity index (χ4n) is 1.53. The third-order valence-corrected chi connectivity index (χ3v) is 3.17. The minimum atomic E-state index is -0.747. The number of phenolic OH excluding ortho intramolecular Hbond substituents is 1. The van der Waals surface area contributed by atoms with Gasteiger partial charge in [-0.15, -0.1) is 0 Å². The van der Waals surface area contributed by atoms with Gasteiger partial charge in [0.25, 0.3) is 11.5 Å². The monoisotopic (exact) mass is 340 g/mol. The van der Waals surface area contributed by atoms with Gasteiger partial charge in [-0.1, -0.05) is 6.07 Å². The number of rotatable bonds is 3. The number of pyridine rings is 1. The van der Waals surface area contributed by atoms with Gasteiger partial charge < -0.3 is 15.4 Å². The van der Waals surface area contributed by atoms with Crippen LogP contribution in [0.5, 0.6) is 5.75 Å². The van der Waals surface area contributed by atoms with E-state index in [-0.39, 0.29) is 22.1 Å². The van der Waals surface area contributed by atoms with Crippen LogP contribution in [0.4, 0.5) is 4.39 Å². The summed E-state index contributed by atoms with van der Waals surface area (Å²) in [6.07, 6.45) is 1.29. The van der Waals surface area contributed by atoms with Gasteiger partial charge in [0.1, 0.15) is 0 Å². The lowest BCUT2D eigenvalue weighted by atomic mass is 10.2. The van der Waals surface area contributed by atoms with Crippen LogP contribution in [0.2, 0.25) is 0 Å². The topological polar surface area (TPSA) is 82.2 Å². The molecule has 0 saturated heterocycles. The molecule has 0 aliphatic carbocycles. The number of nitrogens with one attached hydrogen (secondary N) is 2. The van der Waals surface area contributed by atoms with E-state index in [1.54, 1.807) is 0 Å². The molecule has 0 unspecified atom stereocenters. The predicted molar refractivity (Wildman–Crippen MR) is 74.0 cm³/mol. The summed E-state index contributed by atoms with van der Waals surface area (Å²) >= 11 is 3.03. The number of hydrogen-bond donors (Lipinski definition) is 3. The first-order valence-corrected chi connectivity index (χ1v) is 6.40. The maximum absolute atomic E-state index is 13.1. The lowest BCUT2D eigenvalue weighted by Crippen LogP contribution is -2.24. The molecule has 2 aromatic rings. The zero-order chi connectivity index (χ0) is 14.7. The average molecular weight is 341 g/mol. The molecular weight excluding hydrogens is 331 g/mol. The van der Waals surface area contributed by atoms with Crippen molar-refractivity contribution in [1.82, 2.24) is 10.3 Å². The van der Waals surface area contributed by atoms with Crippen molar-refractivity contribution in [3.8, 4) is 5.75 Å². The second-order valence-electron chi connectivity index (χ2n) is 4.03. The number of H-pyrrole nitrogens is 1. The molecule has 0 bridgehead atoms. The van der Waals surface area contributed by atoms with Crippen LogP contribution < -0.4 is 10.9 Å². The summed E-state index contributed by atoms with van der Waals surface area (Å²) in [5.74, 6) is -1.59. The second kappa shape index (κ2) is 5.87. The van der Waals surface area contributed by atoms with Gasteiger partial charge in [0.05, 0.1) is 10.0 Å². The Morgan fingerprint density at radius 2 is 2.15 bits per heavy atom. The molecule has 1 aromatic carbocycles. The Bertz CT molecular complexity index is 715.